The first-order valence-corrected chi connectivity index (χ1v) is 10.2. The average molecular weight is 399 g/mol. The molecule has 4 rings (SSSR count). The Morgan fingerprint density at radius 2 is 1.86 bits per heavy atom. The van der Waals surface area contributed by atoms with Crippen molar-refractivity contribution in [2.24, 2.45) is 5.92 Å². The van der Waals surface area contributed by atoms with Crippen molar-refractivity contribution in [2.45, 2.75) is 51.1 Å². The summed E-state index contributed by atoms with van der Waals surface area (Å²) in [6.07, 6.45) is 6.75. The zero-order chi connectivity index (χ0) is 20.2. The number of rotatable bonds is 5. The first kappa shape index (κ1) is 19.4. The van der Waals surface area contributed by atoms with Gasteiger partial charge in [0, 0.05) is 18.2 Å². The molecule has 1 saturated heterocycles. The molecule has 1 amide bonds. The van der Waals surface area contributed by atoms with Crippen molar-refractivity contribution in [1.82, 2.24) is 14.7 Å². The zero-order valence-corrected chi connectivity index (χ0v) is 16.3. The summed E-state index contributed by atoms with van der Waals surface area (Å²) in [7, 11) is 0. The minimum atomic E-state index is -0.742. The molecular formula is C21H25N3O5. The minimum Gasteiger partial charge on any atom is -0.454 e. The number of ether oxygens (including phenoxy) is 1. The number of carbonyl (C=O) groups excluding carboxylic acids is 2. The molecule has 0 N–H and O–H groups in total. The Balaban J connectivity index is 1.33. The molecule has 154 valence electrons. The Bertz CT molecular complexity index is 918. The molecule has 29 heavy (non-hydrogen) atoms. The molecule has 1 aromatic heterocycles. The second-order valence-electron chi connectivity index (χ2n) is 7.70. The molecule has 2 atom stereocenters. The predicted molar refractivity (Wildman–Crippen MR) is 104 cm³/mol. The van der Waals surface area contributed by atoms with Crippen molar-refractivity contribution in [1.29, 1.82) is 0 Å². The molecule has 2 aromatic rings. The van der Waals surface area contributed by atoms with Crippen LogP contribution in [0.4, 0.5) is 0 Å². The Morgan fingerprint density at radius 1 is 1.10 bits per heavy atom. The van der Waals surface area contributed by atoms with Crippen LogP contribution in [0.25, 0.3) is 11.5 Å². The number of esters is 1. The number of amides is 1. The highest BCUT2D eigenvalue weighted by molar-refractivity contribution is 5.81. The number of carbonyl (C=O) groups is 2. The summed E-state index contributed by atoms with van der Waals surface area (Å²) in [5.41, 5.74) is 0.638. The molecule has 1 aromatic carbocycles. The van der Waals surface area contributed by atoms with Crippen LogP contribution in [-0.4, -0.2) is 45.8 Å². The summed E-state index contributed by atoms with van der Waals surface area (Å²) in [6.45, 7) is 0.0232. The standard InChI is InChI=1S/C21H25N3O5/c25-18(23-12-6-10-15-7-4-5-11-17(15)23)14-28-19(26)13-24-21(27)29-20(22-24)16-8-2-1-3-9-16/h1-3,8-9,15,17H,4-7,10-14H2/t15-,17+/m1/s1. The Hall–Kier alpha value is -2.90. The maximum Gasteiger partial charge on any atom is 0.437 e. The highest BCUT2D eigenvalue weighted by atomic mass is 16.5. The monoisotopic (exact) mass is 399 g/mol. The molecule has 0 unspecified atom stereocenters. The van der Waals surface area contributed by atoms with Crippen LogP contribution in [0.1, 0.15) is 38.5 Å². The van der Waals surface area contributed by atoms with Crippen molar-refractivity contribution in [2.75, 3.05) is 13.2 Å². The summed E-state index contributed by atoms with van der Waals surface area (Å²) in [5.74, 6) is -0.885. The Labute approximate surface area is 168 Å². The molecule has 2 fully saturated rings. The first-order valence-electron chi connectivity index (χ1n) is 10.2. The van der Waals surface area contributed by atoms with Crippen molar-refractivity contribution in [3.8, 4) is 11.5 Å². The third-order valence-electron chi connectivity index (χ3n) is 5.83. The summed E-state index contributed by atoms with van der Waals surface area (Å²) >= 11 is 0. The number of hydrogen-bond acceptors (Lipinski definition) is 6. The number of likely N-dealkylation sites (tertiary alicyclic amines) is 1. The molecule has 0 radical (unpaired) electrons. The normalized spacial score (nSPS) is 21.4. The second kappa shape index (κ2) is 8.63. The van der Waals surface area contributed by atoms with Crippen LogP contribution < -0.4 is 5.76 Å². The smallest absolute Gasteiger partial charge is 0.437 e. The van der Waals surface area contributed by atoms with Crippen LogP contribution in [-0.2, 0) is 20.9 Å². The van der Waals surface area contributed by atoms with Gasteiger partial charge in [0.1, 0.15) is 6.54 Å². The van der Waals surface area contributed by atoms with Gasteiger partial charge in [-0.15, -0.1) is 5.10 Å². The molecule has 0 spiro atoms. The van der Waals surface area contributed by atoms with E-state index in [2.05, 4.69) is 5.10 Å². The van der Waals surface area contributed by atoms with Gasteiger partial charge in [-0.2, -0.15) is 4.68 Å². The Morgan fingerprint density at radius 3 is 2.69 bits per heavy atom. The van der Waals surface area contributed by atoms with Gasteiger partial charge in [-0.1, -0.05) is 31.0 Å². The number of aromatic nitrogens is 2. The fourth-order valence-electron chi connectivity index (χ4n) is 4.43. The summed E-state index contributed by atoms with van der Waals surface area (Å²) < 4.78 is 11.1. The van der Waals surface area contributed by atoms with E-state index in [-0.39, 0.29) is 24.4 Å². The number of benzene rings is 1. The van der Waals surface area contributed by atoms with Crippen LogP contribution >= 0.6 is 0 Å². The van der Waals surface area contributed by atoms with E-state index in [4.69, 9.17) is 9.15 Å². The van der Waals surface area contributed by atoms with Gasteiger partial charge in [-0.25, -0.2) is 4.79 Å². The predicted octanol–water partition coefficient (Wildman–Crippen LogP) is 2.23. The second-order valence-corrected chi connectivity index (χ2v) is 7.70. The van der Waals surface area contributed by atoms with Gasteiger partial charge in [0.2, 0.25) is 5.89 Å². The summed E-state index contributed by atoms with van der Waals surface area (Å²) in [6, 6.07) is 9.21. The van der Waals surface area contributed by atoms with E-state index in [9.17, 15) is 14.4 Å². The maximum absolute atomic E-state index is 12.6. The van der Waals surface area contributed by atoms with Crippen LogP contribution in [0.15, 0.2) is 39.5 Å². The van der Waals surface area contributed by atoms with E-state index in [0.717, 1.165) is 30.5 Å². The number of nitrogens with zero attached hydrogens (tertiary/aromatic N) is 3. The van der Waals surface area contributed by atoms with E-state index < -0.39 is 18.3 Å². The van der Waals surface area contributed by atoms with Gasteiger partial charge in [0.25, 0.3) is 5.91 Å². The molecule has 8 heteroatoms. The first-order chi connectivity index (χ1) is 14.1. The molecule has 1 aliphatic carbocycles. The van der Waals surface area contributed by atoms with Crippen molar-refractivity contribution < 1.29 is 18.7 Å². The van der Waals surface area contributed by atoms with E-state index in [1.165, 1.54) is 19.3 Å². The quantitative estimate of drug-likeness (QED) is 0.716. The van der Waals surface area contributed by atoms with E-state index in [0.29, 0.717) is 11.5 Å². The number of hydrogen-bond donors (Lipinski definition) is 0. The molecule has 1 aliphatic heterocycles. The lowest BCUT2D eigenvalue weighted by Gasteiger charge is -2.44. The average Bonchev–Trinajstić information content (AvgIpc) is 3.12. The van der Waals surface area contributed by atoms with Crippen molar-refractivity contribution >= 4 is 11.9 Å². The van der Waals surface area contributed by atoms with Gasteiger partial charge in [-0.05, 0) is 43.7 Å². The van der Waals surface area contributed by atoms with Crippen molar-refractivity contribution in [3.63, 3.8) is 0 Å². The van der Waals surface area contributed by atoms with Gasteiger partial charge in [0.05, 0.1) is 0 Å². The van der Waals surface area contributed by atoms with E-state index >= 15 is 0 Å². The number of piperidine rings is 1. The third-order valence-corrected chi connectivity index (χ3v) is 5.83. The summed E-state index contributed by atoms with van der Waals surface area (Å²) in [5, 5.41) is 4.03. The maximum atomic E-state index is 12.6. The molecule has 8 nitrogen and oxygen atoms in total. The lowest BCUT2D eigenvalue weighted by atomic mass is 9.78. The van der Waals surface area contributed by atoms with E-state index in [1.807, 2.05) is 11.0 Å². The largest absolute Gasteiger partial charge is 0.454 e. The lowest BCUT2D eigenvalue weighted by Crippen LogP contribution is -2.51. The third kappa shape index (κ3) is 4.41. The molecular weight excluding hydrogens is 374 g/mol. The fraction of sp³-hybridized carbons (Fsp3) is 0.524. The molecule has 1 saturated carbocycles. The van der Waals surface area contributed by atoms with Gasteiger partial charge >= 0.3 is 11.7 Å². The SMILES string of the molecule is O=C(Cn1nc(-c2ccccc2)oc1=O)OCC(=O)N1CCC[C@H]2CCCC[C@@H]21. The van der Waals surface area contributed by atoms with Crippen LogP contribution in [0, 0.1) is 5.92 Å². The minimum absolute atomic E-state index is 0.135. The van der Waals surface area contributed by atoms with Crippen LogP contribution in [0.5, 0.6) is 0 Å². The summed E-state index contributed by atoms with van der Waals surface area (Å²) in [4.78, 5) is 38.6. The van der Waals surface area contributed by atoms with Crippen molar-refractivity contribution in [3.05, 3.63) is 40.9 Å². The highest BCUT2D eigenvalue weighted by Crippen LogP contribution is 2.35. The highest BCUT2D eigenvalue weighted by Gasteiger charge is 2.35. The Kier molecular flexibility index (Phi) is 5.78. The molecule has 2 heterocycles. The number of fused-ring (bicyclic) bond motifs is 1. The van der Waals surface area contributed by atoms with Crippen LogP contribution in [0.2, 0.25) is 0 Å². The molecule has 0 bridgehead atoms. The molecule has 2 aliphatic rings. The van der Waals surface area contributed by atoms with E-state index in [1.54, 1.807) is 24.3 Å². The fourth-order valence-corrected chi connectivity index (χ4v) is 4.43. The lowest BCUT2D eigenvalue weighted by molar-refractivity contribution is -0.155. The van der Waals surface area contributed by atoms with Gasteiger partial charge < -0.3 is 14.1 Å². The van der Waals surface area contributed by atoms with Gasteiger partial charge in [0.15, 0.2) is 6.61 Å². The topological polar surface area (TPSA) is 94.6 Å². The van der Waals surface area contributed by atoms with Crippen LogP contribution in [0.3, 0.4) is 0 Å². The van der Waals surface area contributed by atoms with Gasteiger partial charge in [-0.3, -0.25) is 9.59 Å². The zero-order valence-electron chi connectivity index (χ0n) is 16.3.